The Hall–Kier alpha value is -0.0800. The topological polar surface area (TPSA) is 29.3 Å². The fourth-order valence-electron chi connectivity index (χ4n) is 1.35. The summed E-state index contributed by atoms with van der Waals surface area (Å²) in [6.07, 6.45) is 1.11. The zero-order valence-electron chi connectivity index (χ0n) is 7.22. The lowest BCUT2D eigenvalue weighted by Gasteiger charge is -2.49. The van der Waals surface area contributed by atoms with Crippen LogP contribution < -0.4 is 5.73 Å². The molecule has 0 aromatic rings. The van der Waals surface area contributed by atoms with E-state index >= 15 is 0 Å². The van der Waals surface area contributed by atoms with Crippen molar-refractivity contribution in [3.63, 3.8) is 0 Å². The highest BCUT2D eigenvalue weighted by molar-refractivity contribution is 4.99. The molecule has 0 spiro atoms. The predicted molar refractivity (Wildman–Crippen MR) is 43.9 cm³/mol. The summed E-state index contributed by atoms with van der Waals surface area (Å²) in [6.45, 7) is 8.77. The van der Waals surface area contributed by atoms with Gasteiger partial charge in [-0.1, -0.05) is 6.92 Å². The number of nitrogens with two attached hydrogens (primary N) is 1. The van der Waals surface area contributed by atoms with Gasteiger partial charge >= 0.3 is 0 Å². The first-order valence-electron chi connectivity index (χ1n) is 4.10. The quantitative estimate of drug-likeness (QED) is 0.618. The number of rotatable bonds is 2. The van der Waals surface area contributed by atoms with E-state index in [9.17, 15) is 0 Å². The molecule has 1 aliphatic heterocycles. The van der Waals surface area contributed by atoms with E-state index in [1.165, 1.54) is 0 Å². The Balaban J connectivity index is 2.29. The summed E-state index contributed by atoms with van der Waals surface area (Å²) in [5, 5.41) is 0. The van der Waals surface area contributed by atoms with Gasteiger partial charge in [0.1, 0.15) is 0 Å². The highest BCUT2D eigenvalue weighted by atomic mass is 15.3. The molecule has 1 aliphatic rings. The fraction of sp³-hybridized carbons (Fsp3) is 1.00. The molecule has 10 heavy (non-hydrogen) atoms. The Morgan fingerprint density at radius 2 is 2.00 bits per heavy atom. The van der Waals surface area contributed by atoms with Crippen LogP contribution in [0.1, 0.15) is 27.2 Å². The second-order valence-corrected chi connectivity index (χ2v) is 3.71. The standard InChI is InChI=1S/C8H18N2/c1-4-8(9)5-10(6-8)7(2)3/h7H,4-6,9H2,1-3H3. The minimum Gasteiger partial charge on any atom is -0.323 e. The van der Waals surface area contributed by atoms with Gasteiger partial charge in [-0.3, -0.25) is 4.90 Å². The second-order valence-electron chi connectivity index (χ2n) is 3.71. The van der Waals surface area contributed by atoms with Gasteiger partial charge in [-0.2, -0.15) is 0 Å². The first-order chi connectivity index (χ1) is 4.57. The maximum absolute atomic E-state index is 5.99. The zero-order valence-corrected chi connectivity index (χ0v) is 7.22. The minimum absolute atomic E-state index is 0.143. The van der Waals surface area contributed by atoms with E-state index < -0.39 is 0 Å². The predicted octanol–water partition coefficient (Wildman–Crippen LogP) is 0.818. The van der Waals surface area contributed by atoms with Crippen molar-refractivity contribution in [2.45, 2.75) is 38.8 Å². The summed E-state index contributed by atoms with van der Waals surface area (Å²) in [5.74, 6) is 0. The molecule has 0 atom stereocenters. The minimum atomic E-state index is 0.143. The molecular weight excluding hydrogens is 124 g/mol. The maximum Gasteiger partial charge on any atom is 0.0410 e. The molecule has 0 radical (unpaired) electrons. The van der Waals surface area contributed by atoms with Crippen molar-refractivity contribution in [1.29, 1.82) is 0 Å². The molecular formula is C8H18N2. The summed E-state index contributed by atoms with van der Waals surface area (Å²) >= 11 is 0. The van der Waals surface area contributed by atoms with Crippen LogP contribution in [0.2, 0.25) is 0 Å². The van der Waals surface area contributed by atoms with Crippen LogP contribution in [-0.2, 0) is 0 Å². The second kappa shape index (κ2) is 2.51. The van der Waals surface area contributed by atoms with E-state index in [0.29, 0.717) is 6.04 Å². The number of hydrogen-bond acceptors (Lipinski definition) is 2. The molecule has 0 unspecified atom stereocenters. The molecule has 0 saturated carbocycles. The van der Waals surface area contributed by atoms with Gasteiger partial charge < -0.3 is 5.73 Å². The third-order valence-corrected chi connectivity index (χ3v) is 2.47. The van der Waals surface area contributed by atoms with E-state index in [0.717, 1.165) is 19.5 Å². The van der Waals surface area contributed by atoms with Crippen LogP contribution in [0.5, 0.6) is 0 Å². The van der Waals surface area contributed by atoms with Gasteiger partial charge in [-0.05, 0) is 20.3 Å². The molecule has 1 fully saturated rings. The molecule has 60 valence electrons. The van der Waals surface area contributed by atoms with Crippen LogP contribution in [0.15, 0.2) is 0 Å². The van der Waals surface area contributed by atoms with Gasteiger partial charge in [0.25, 0.3) is 0 Å². The normalized spacial score (nSPS) is 24.9. The Morgan fingerprint density at radius 1 is 1.50 bits per heavy atom. The Bertz CT molecular complexity index is 114. The molecule has 2 nitrogen and oxygen atoms in total. The summed E-state index contributed by atoms with van der Waals surface area (Å²) < 4.78 is 0. The number of hydrogen-bond donors (Lipinski definition) is 1. The molecule has 2 heteroatoms. The van der Waals surface area contributed by atoms with Crippen LogP contribution >= 0.6 is 0 Å². The molecule has 1 saturated heterocycles. The SMILES string of the molecule is CCC1(N)CN(C(C)C)C1. The first kappa shape index (κ1) is 8.02. The maximum atomic E-state index is 5.99. The number of likely N-dealkylation sites (tertiary alicyclic amines) is 1. The van der Waals surface area contributed by atoms with Crippen LogP contribution in [0.4, 0.5) is 0 Å². The van der Waals surface area contributed by atoms with E-state index in [4.69, 9.17) is 5.73 Å². The summed E-state index contributed by atoms with van der Waals surface area (Å²) in [7, 11) is 0. The Morgan fingerprint density at radius 3 is 2.30 bits per heavy atom. The molecule has 2 N–H and O–H groups in total. The van der Waals surface area contributed by atoms with Crippen molar-refractivity contribution in [3.8, 4) is 0 Å². The summed E-state index contributed by atoms with van der Waals surface area (Å²) in [4.78, 5) is 2.41. The molecule has 1 heterocycles. The van der Waals surface area contributed by atoms with Crippen molar-refractivity contribution in [2.24, 2.45) is 5.73 Å². The third-order valence-electron chi connectivity index (χ3n) is 2.47. The van der Waals surface area contributed by atoms with E-state index in [1.54, 1.807) is 0 Å². The average molecular weight is 142 g/mol. The lowest BCUT2D eigenvalue weighted by molar-refractivity contribution is 0.0399. The smallest absolute Gasteiger partial charge is 0.0410 e. The fourth-order valence-corrected chi connectivity index (χ4v) is 1.35. The summed E-state index contributed by atoms with van der Waals surface area (Å²) in [5.41, 5.74) is 6.13. The van der Waals surface area contributed by atoms with E-state index in [-0.39, 0.29) is 5.54 Å². The highest BCUT2D eigenvalue weighted by Crippen LogP contribution is 2.22. The number of nitrogens with zero attached hydrogens (tertiary/aromatic N) is 1. The van der Waals surface area contributed by atoms with Gasteiger partial charge in [0.15, 0.2) is 0 Å². The zero-order chi connectivity index (χ0) is 7.78. The molecule has 1 rings (SSSR count). The monoisotopic (exact) mass is 142 g/mol. The van der Waals surface area contributed by atoms with Gasteiger partial charge in [0, 0.05) is 24.7 Å². The van der Waals surface area contributed by atoms with Crippen molar-refractivity contribution >= 4 is 0 Å². The molecule has 0 aliphatic carbocycles. The van der Waals surface area contributed by atoms with Crippen LogP contribution in [0.25, 0.3) is 0 Å². The van der Waals surface area contributed by atoms with Crippen molar-refractivity contribution in [3.05, 3.63) is 0 Å². The highest BCUT2D eigenvalue weighted by Gasteiger charge is 2.38. The van der Waals surface area contributed by atoms with Crippen molar-refractivity contribution in [2.75, 3.05) is 13.1 Å². The van der Waals surface area contributed by atoms with Crippen LogP contribution in [-0.4, -0.2) is 29.6 Å². The lowest BCUT2D eigenvalue weighted by atomic mass is 9.87. The van der Waals surface area contributed by atoms with Crippen LogP contribution in [0, 0.1) is 0 Å². The first-order valence-corrected chi connectivity index (χ1v) is 4.10. The Kier molecular flexibility index (Phi) is 2.02. The summed E-state index contributed by atoms with van der Waals surface area (Å²) in [6, 6.07) is 0.670. The third kappa shape index (κ3) is 1.32. The Labute approximate surface area is 63.4 Å². The van der Waals surface area contributed by atoms with Crippen molar-refractivity contribution < 1.29 is 0 Å². The van der Waals surface area contributed by atoms with Gasteiger partial charge in [0.05, 0.1) is 0 Å². The van der Waals surface area contributed by atoms with Crippen LogP contribution in [0.3, 0.4) is 0 Å². The molecule has 0 aromatic heterocycles. The van der Waals surface area contributed by atoms with Gasteiger partial charge in [-0.15, -0.1) is 0 Å². The lowest BCUT2D eigenvalue weighted by Crippen LogP contribution is -2.68. The van der Waals surface area contributed by atoms with E-state index in [2.05, 4.69) is 25.7 Å². The largest absolute Gasteiger partial charge is 0.323 e. The molecule has 0 bridgehead atoms. The van der Waals surface area contributed by atoms with Gasteiger partial charge in [-0.25, -0.2) is 0 Å². The van der Waals surface area contributed by atoms with Crippen molar-refractivity contribution in [1.82, 2.24) is 4.90 Å². The van der Waals surface area contributed by atoms with E-state index in [1.807, 2.05) is 0 Å². The average Bonchev–Trinajstić information content (AvgIpc) is 1.80. The molecule has 0 aromatic carbocycles. The molecule has 0 amide bonds. The van der Waals surface area contributed by atoms with Gasteiger partial charge in [0.2, 0.25) is 0 Å².